The summed E-state index contributed by atoms with van der Waals surface area (Å²) in [4.78, 5) is 25.6. The number of hydrogen-bond donors (Lipinski definition) is 2. The summed E-state index contributed by atoms with van der Waals surface area (Å²) in [6.07, 6.45) is 0. The molecule has 2 aromatic rings. The second-order valence-electron chi connectivity index (χ2n) is 5.61. The Bertz CT molecular complexity index is 696. The van der Waals surface area contributed by atoms with E-state index >= 15 is 0 Å². The molecular weight excluding hydrogens is 282 g/mol. The van der Waals surface area contributed by atoms with Crippen molar-refractivity contribution in [1.82, 2.24) is 15.1 Å². The van der Waals surface area contributed by atoms with E-state index in [2.05, 4.69) is 10.2 Å². The molecule has 2 unspecified atom stereocenters. The maximum Gasteiger partial charge on any atom is 0.308 e. The van der Waals surface area contributed by atoms with E-state index < -0.39 is 11.9 Å². The van der Waals surface area contributed by atoms with Crippen LogP contribution in [0.4, 0.5) is 0 Å². The number of aromatic nitrogens is 2. The van der Waals surface area contributed by atoms with Crippen LogP contribution in [0.2, 0.25) is 0 Å². The number of aromatic amines is 1. The average Bonchev–Trinajstić information content (AvgIpc) is 3.14. The zero-order chi connectivity index (χ0) is 15.7. The number of carbonyl (C=O) groups is 2. The van der Waals surface area contributed by atoms with Crippen LogP contribution >= 0.6 is 0 Å². The number of aliphatic carboxylic acids is 1. The lowest BCUT2D eigenvalue weighted by Crippen LogP contribution is -2.30. The molecule has 1 saturated heterocycles. The molecule has 2 heterocycles. The topological polar surface area (TPSA) is 86.3 Å². The zero-order valence-corrected chi connectivity index (χ0v) is 12.2. The van der Waals surface area contributed by atoms with Gasteiger partial charge in [-0.05, 0) is 18.6 Å². The predicted molar refractivity (Wildman–Crippen MR) is 79.5 cm³/mol. The van der Waals surface area contributed by atoms with Crippen LogP contribution in [-0.2, 0) is 4.79 Å². The van der Waals surface area contributed by atoms with E-state index in [-0.39, 0.29) is 18.4 Å². The highest BCUT2D eigenvalue weighted by molar-refractivity contribution is 5.93. The number of benzene rings is 1. The molecule has 0 spiro atoms. The average molecular weight is 299 g/mol. The monoisotopic (exact) mass is 299 g/mol. The van der Waals surface area contributed by atoms with E-state index in [1.165, 1.54) is 0 Å². The predicted octanol–water partition coefficient (Wildman–Crippen LogP) is 1.66. The fraction of sp³-hybridized carbons (Fsp3) is 0.312. The lowest BCUT2D eigenvalue weighted by Gasteiger charge is -2.15. The number of likely N-dealkylation sites (tertiary alicyclic amines) is 1. The Kier molecular flexibility index (Phi) is 3.66. The highest BCUT2D eigenvalue weighted by Gasteiger charge is 2.40. The van der Waals surface area contributed by atoms with Gasteiger partial charge < -0.3 is 10.0 Å². The lowest BCUT2D eigenvalue weighted by atomic mass is 9.89. The van der Waals surface area contributed by atoms with Crippen LogP contribution in [0.3, 0.4) is 0 Å². The van der Waals surface area contributed by atoms with Crippen LogP contribution in [0, 0.1) is 12.8 Å². The summed E-state index contributed by atoms with van der Waals surface area (Å²) in [5.74, 6) is -1.88. The molecule has 0 bridgehead atoms. The minimum atomic E-state index is -0.873. The van der Waals surface area contributed by atoms with Gasteiger partial charge in [0.25, 0.3) is 5.91 Å². The van der Waals surface area contributed by atoms with Crippen molar-refractivity contribution in [1.29, 1.82) is 0 Å². The van der Waals surface area contributed by atoms with Gasteiger partial charge in [-0.15, -0.1) is 0 Å². The van der Waals surface area contributed by atoms with E-state index in [0.29, 0.717) is 12.2 Å². The molecule has 0 aliphatic carbocycles. The largest absolute Gasteiger partial charge is 0.481 e. The van der Waals surface area contributed by atoms with E-state index in [1.807, 2.05) is 37.3 Å². The van der Waals surface area contributed by atoms with Crippen LogP contribution in [0.1, 0.15) is 27.7 Å². The smallest absolute Gasteiger partial charge is 0.308 e. The minimum absolute atomic E-state index is 0.192. The van der Waals surface area contributed by atoms with Crippen LogP contribution < -0.4 is 0 Å². The molecule has 1 aromatic carbocycles. The number of carboxylic acids is 1. The van der Waals surface area contributed by atoms with Crippen molar-refractivity contribution in [2.45, 2.75) is 12.8 Å². The van der Waals surface area contributed by atoms with Gasteiger partial charge in [-0.25, -0.2) is 0 Å². The first-order chi connectivity index (χ1) is 10.6. The maximum absolute atomic E-state index is 12.5. The number of hydrogen-bond acceptors (Lipinski definition) is 3. The Labute approximate surface area is 127 Å². The second kappa shape index (κ2) is 5.63. The number of amides is 1. The van der Waals surface area contributed by atoms with Gasteiger partial charge in [0.15, 0.2) is 0 Å². The van der Waals surface area contributed by atoms with Gasteiger partial charge in [0.1, 0.15) is 5.69 Å². The van der Waals surface area contributed by atoms with Crippen molar-refractivity contribution in [2.75, 3.05) is 13.1 Å². The first kappa shape index (κ1) is 14.3. The quantitative estimate of drug-likeness (QED) is 0.902. The normalized spacial score (nSPS) is 21.0. The number of carbonyl (C=O) groups excluding carboxylic acids is 1. The van der Waals surface area contributed by atoms with Crippen molar-refractivity contribution in [3.63, 3.8) is 0 Å². The Morgan fingerprint density at radius 2 is 2.00 bits per heavy atom. The summed E-state index contributed by atoms with van der Waals surface area (Å²) in [7, 11) is 0. The number of rotatable bonds is 3. The molecule has 2 N–H and O–H groups in total. The molecule has 114 valence electrons. The van der Waals surface area contributed by atoms with Crippen LogP contribution in [0.25, 0.3) is 0 Å². The highest BCUT2D eigenvalue weighted by atomic mass is 16.4. The Balaban J connectivity index is 1.84. The molecular formula is C16H17N3O3. The first-order valence-electron chi connectivity index (χ1n) is 7.15. The number of aryl methyl sites for hydroxylation is 1. The molecule has 1 amide bonds. The van der Waals surface area contributed by atoms with Crippen molar-refractivity contribution in [2.24, 2.45) is 5.92 Å². The van der Waals surface area contributed by atoms with E-state index in [4.69, 9.17) is 0 Å². The Hall–Kier alpha value is -2.63. The third kappa shape index (κ3) is 2.59. The van der Waals surface area contributed by atoms with Gasteiger partial charge in [-0.3, -0.25) is 14.7 Å². The Morgan fingerprint density at radius 3 is 2.59 bits per heavy atom. The molecule has 1 aliphatic heterocycles. The molecule has 22 heavy (non-hydrogen) atoms. The number of nitrogens with zero attached hydrogens (tertiary/aromatic N) is 2. The second-order valence-corrected chi connectivity index (χ2v) is 5.61. The standard InChI is InChI=1S/C16H17N3O3/c1-10-7-14(18-17-10)15(20)19-8-12(13(9-19)16(21)22)11-5-3-2-4-6-11/h2-7,12-13H,8-9H2,1H3,(H,17,18)(H,21,22). The zero-order valence-electron chi connectivity index (χ0n) is 12.2. The minimum Gasteiger partial charge on any atom is -0.481 e. The highest BCUT2D eigenvalue weighted by Crippen LogP contribution is 2.33. The van der Waals surface area contributed by atoms with Gasteiger partial charge >= 0.3 is 5.97 Å². The number of nitrogens with one attached hydrogen (secondary N) is 1. The fourth-order valence-corrected chi connectivity index (χ4v) is 2.95. The van der Waals surface area contributed by atoms with Crippen molar-refractivity contribution < 1.29 is 14.7 Å². The summed E-state index contributed by atoms with van der Waals surface area (Å²) in [5, 5.41) is 16.2. The molecule has 1 aliphatic rings. The van der Waals surface area contributed by atoms with Crippen molar-refractivity contribution in [3.05, 3.63) is 53.3 Å². The molecule has 0 radical (unpaired) electrons. The fourth-order valence-electron chi connectivity index (χ4n) is 2.95. The van der Waals surface area contributed by atoms with Crippen molar-refractivity contribution >= 4 is 11.9 Å². The molecule has 3 rings (SSSR count). The summed E-state index contributed by atoms with van der Waals surface area (Å²) < 4.78 is 0. The van der Waals surface area contributed by atoms with Gasteiger partial charge in [-0.2, -0.15) is 5.10 Å². The summed E-state index contributed by atoms with van der Waals surface area (Å²) in [5.41, 5.74) is 2.08. The first-order valence-corrected chi connectivity index (χ1v) is 7.15. The molecule has 2 atom stereocenters. The molecule has 6 nitrogen and oxygen atoms in total. The van der Waals surface area contributed by atoms with Gasteiger partial charge in [-0.1, -0.05) is 30.3 Å². The van der Waals surface area contributed by atoms with Crippen LogP contribution in [0.15, 0.2) is 36.4 Å². The molecule has 6 heteroatoms. The lowest BCUT2D eigenvalue weighted by molar-refractivity contribution is -0.141. The van der Waals surface area contributed by atoms with Crippen LogP contribution in [0.5, 0.6) is 0 Å². The number of carboxylic acid groups (broad SMARTS) is 1. The van der Waals surface area contributed by atoms with E-state index in [1.54, 1.807) is 11.0 Å². The van der Waals surface area contributed by atoms with Crippen molar-refractivity contribution in [3.8, 4) is 0 Å². The molecule has 0 saturated carbocycles. The third-order valence-electron chi connectivity index (χ3n) is 4.08. The molecule has 1 aromatic heterocycles. The van der Waals surface area contributed by atoms with E-state index in [0.717, 1.165) is 11.3 Å². The van der Waals surface area contributed by atoms with E-state index in [9.17, 15) is 14.7 Å². The van der Waals surface area contributed by atoms with Gasteiger partial charge in [0.2, 0.25) is 0 Å². The number of H-pyrrole nitrogens is 1. The molecule has 1 fully saturated rings. The Morgan fingerprint density at radius 1 is 1.27 bits per heavy atom. The van der Waals surface area contributed by atoms with Crippen LogP contribution in [-0.4, -0.2) is 45.2 Å². The summed E-state index contributed by atoms with van der Waals surface area (Å²) in [6, 6.07) is 11.2. The summed E-state index contributed by atoms with van der Waals surface area (Å²) in [6.45, 7) is 2.42. The maximum atomic E-state index is 12.5. The van der Waals surface area contributed by atoms with Gasteiger partial charge in [0, 0.05) is 24.7 Å². The SMILES string of the molecule is Cc1cc(C(=O)N2CC(C(=O)O)C(c3ccccc3)C2)n[nH]1. The summed E-state index contributed by atoms with van der Waals surface area (Å²) >= 11 is 0. The third-order valence-corrected chi connectivity index (χ3v) is 4.08. The van der Waals surface area contributed by atoms with Gasteiger partial charge in [0.05, 0.1) is 5.92 Å².